The summed E-state index contributed by atoms with van der Waals surface area (Å²) in [6.45, 7) is 2.54. The van der Waals surface area contributed by atoms with E-state index in [2.05, 4.69) is 164 Å². The van der Waals surface area contributed by atoms with Crippen molar-refractivity contribution in [1.29, 1.82) is 0 Å². The highest BCUT2D eigenvalue weighted by Crippen LogP contribution is 2.48. The molecule has 4 saturated carbocycles. The molecule has 12 atom stereocenters. The number of hydrogen-bond donors (Lipinski definition) is 8. The summed E-state index contributed by atoms with van der Waals surface area (Å²) < 4.78 is 28.3. The molecule has 9 aliphatic rings. The molecule has 4 aromatic rings. The molecular formula is C60H80N8O4. The van der Waals surface area contributed by atoms with E-state index >= 15 is 0 Å². The van der Waals surface area contributed by atoms with Crippen molar-refractivity contribution in [2.45, 2.75) is 177 Å². The summed E-state index contributed by atoms with van der Waals surface area (Å²) in [5, 5.41) is 34.8. The van der Waals surface area contributed by atoms with Gasteiger partial charge in [0.05, 0.1) is 100 Å². The molecule has 0 radical (unpaired) electrons. The average molecular weight is 977 g/mol. The van der Waals surface area contributed by atoms with Crippen LogP contribution in [0, 0.1) is 47.3 Å². The van der Waals surface area contributed by atoms with Gasteiger partial charge in [-0.05, 0) is 97.3 Å². The summed E-state index contributed by atoms with van der Waals surface area (Å²) in [6, 6.07) is 43.1. The number of ether oxygens (including phenoxy) is 4. The second-order valence-electron chi connectivity index (χ2n) is 23.2. The Kier molecular flexibility index (Phi) is 14.6. The quantitative estimate of drug-likeness (QED) is 0.0721. The van der Waals surface area contributed by atoms with Gasteiger partial charge in [0.1, 0.15) is 0 Å². The van der Waals surface area contributed by atoms with Crippen LogP contribution in [0.2, 0.25) is 0 Å². The van der Waals surface area contributed by atoms with Crippen molar-refractivity contribution in [3.63, 3.8) is 0 Å². The van der Waals surface area contributed by atoms with Gasteiger partial charge in [-0.1, -0.05) is 147 Å². The smallest absolute Gasteiger partial charge is 0.0720 e. The minimum Gasteiger partial charge on any atom is -0.373 e. The van der Waals surface area contributed by atoms with Crippen LogP contribution in [0.15, 0.2) is 121 Å². The van der Waals surface area contributed by atoms with E-state index in [1.165, 1.54) is 47.9 Å². The van der Waals surface area contributed by atoms with Gasteiger partial charge in [0.25, 0.3) is 0 Å². The molecule has 8 bridgehead atoms. The zero-order valence-electron chi connectivity index (χ0n) is 42.0. The molecule has 0 spiro atoms. The van der Waals surface area contributed by atoms with Crippen LogP contribution >= 0.6 is 0 Å². The summed E-state index contributed by atoms with van der Waals surface area (Å²) in [6.07, 6.45) is 14.8. The van der Waals surface area contributed by atoms with E-state index in [0.29, 0.717) is 73.8 Å². The third-order valence-corrected chi connectivity index (χ3v) is 19.2. The molecule has 0 amide bonds. The van der Waals surface area contributed by atoms with Crippen molar-refractivity contribution in [3.05, 3.63) is 144 Å². The predicted octanol–water partition coefficient (Wildman–Crippen LogP) is 7.39. The summed E-state index contributed by atoms with van der Waals surface area (Å²) in [5.74, 6) is 2.79. The fraction of sp³-hybridized carbons (Fsp3) is 0.600. The van der Waals surface area contributed by atoms with Gasteiger partial charge in [0, 0.05) is 23.7 Å². The highest BCUT2D eigenvalue weighted by Gasteiger charge is 2.59. The molecule has 5 saturated heterocycles. The van der Waals surface area contributed by atoms with Crippen LogP contribution in [0.1, 0.15) is 99.3 Å². The zero-order chi connectivity index (χ0) is 47.8. The second kappa shape index (κ2) is 21.9. The first-order chi connectivity index (χ1) is 35.7. The van der Waals surface area contributed by atoms with Gasteiger partial charge in [0.2, 0.25) is 0 Å². The van der Waals surface area contributed by atoms with Crippen LogP contribution in [0.5, 0.6) is 0 Å². The lowest BCUT2D eigenvalue weighted by molar-refractivity contribution is -0.0569. The first kappa shape index (κ1) is 48.1. The van der Waals surface area contributed by atoms with Crippen molar-refractivity contribution < 1.29 is 18.9 Å². The number of rotatable bonds is 12. The Balaban J connectivity index is 0.850. The molecule has 5 heterocycles. The molecule has 12 unspecified atom stereocenters. The van der Waals surface area contributed by atoms with Crippen LogP contribution in [0.4, 0.5) is 0 Å². The lowest BCUT2D eigenvalue weighted by Gasteiger charge is -2.41. The predicted molar refractivity (Wildman–Crippen MR) is 279 cm³/mol. The maximum Gasteiger partial charge on any atom is 0.0720 e. The fourth-order valence-corrected chi connectivity index (χ4v) is 16.0. The van der Waals surface area contributed by atoms with Crippen LogP contribution in [-0.2, 0) is 45.4 Å². The van der Waals surface area contributed by atoms with Crippen molar-refractivity contribution in [1.82, 2.24) is 42.5 Å². The fourth-order valence-electron chi connectivity index (χ4n) is 16.0. The number of fused-ring (bicyclic) bond motifs is 20. The minimum atomic E-state index is 0.0610. The number of hydrogen-bond acceptors (Lipinski definition) is 12. The van der Waals surface area contributed by atoms with Crippen molar-refractivity contribution in [3.8, 4) is 0 Å². The SMILES string of the molecule is c1ccc(COC2CCCC3C4NC(NC5NC(NC6NC(NC7NC(N4)C4C(OCc8ccccc8)CCCC74)C4C(OCc7ccccc7)CCCC64)C4C(OCc6ccccc6)CCCC54)C23)cc1. The van der Waals surface area contributed by atoms with Gasteiger partial charge in [-0.2, -0.15) is 0 Å². The Morgan fingerprint density at radius 3 is 0.681 bits per heavy atom. The molecule has 13 rings (SSSR count). The zero-order valence-corrected chi connectivity index (χ0v) is 42.0. The molecule has 8 N–H and O–H groups in total. The van der Waals surface area contributed by atoms with E-state index < -0.39 is 0 Å². The third kappa shape index (κ3) is 10.0. The monoisotopic (exact) mass is 977 g/mol. The van der Waals surface area contributed by atoms with Gasteiger partial charge >= 0.3 is 0 Å². The Hall–Kier alpha value is -3.60. The van der Waals surface area contributed by atoms with Crippen LogP contribution in [0.3, 0.4) is 0 Å². The average Bonchev–Trinajstić information content (AvgIpc) is 4.18. The summed E-state index contributed by atoms with van der Waals surface area (Å²) in [5.41, 5.74) is 4.96. The van der Waals surface area contributed by atoms with E-state index in [-0.39, 0.29) is 73.7 Å². The highest BCUT2D eigenvalue weighted by molar-refractivity contribution is 5.18. The molecule has 4 aliphatic carbocycles. The van der Waals surface area contributed by atoms with Crippen molar-refractivity contribution in [2.24, 2.45) is 47.3 Å². The lowest BCUT2D eigenvalue weighted by Crippen LogP contribution is -2.62. The molecule has 12 heteroatoms. The van der Waals surface area contributed by atoms with E-state index in [1.54, 1.807) is 0 Å². The standard InChI is InChI=1S/C60H80N8O4/c1-5-17-37(18-6-1)33-69-45-29-13-25-41-49(45)57-61-53(41)66-58-51-43(27-15-31-47(51)71-35-39-21-9-3-10-22-39)55(63-58)68-60-52-44(28-16-32-48(52)72-36-40-23-11-4-12-24-40)56(64-60)67-59-50-42(54(62-59)65-57)26-14-30-46(50)70-34-38-19-7-2-8-20-38/h1-12,17-24,41-68H,13-16,25-36H2. The summed E-state index contributed by atoms with van der Waals surface area (Å²) in [7, 11) is 0. The van der Waals surface area contributed by atoms with E-state index in [9.17, 15) is 0 Å². The molecule has 384 valence electrons. The molecule has 12 nitrogen and oxygen atoms in total. The van der Waals surface area contributed by atoms with Crippen LogP contribution in [-0.4, -0.2) is 73.7 Å². The minimum absolute atomic E-state index is 0.0610. The van der Waals surface area contributed by atoms with Gasteiger partial charge in [-0.15, -0.1) is 0 Å². The van der Waals surface area contributed by atoms with E-state index in [0.717, 1.165) is 51.4 Å². The Labute approximate surface area is 428 Å². The molecule has 72 heavy (non-hydrogen) atoms. The van der Waals surface area contributed by atoms with Gasteiger partial charge in [-0.25, -0.2) is 0 Å². The third-order valence-electron chi connectivity index (χ3n) is 19.2. The normalized spacial score (nSPS) is 41.2. The Morgan fingerprint density at radius 1 is 0.264 bits per heavy atom. The van der Waals surface area contributed by atoms with Gasteiger partial charge in [0.15, 0.2) is 0 Å². The number of benzene rings is 4. The molecule has 5 aliphatic heterocycles. The van der Waals surface area contributed by atoms with E-state index in [4.69, 9.17) is 18.9 Å². The maximum absolute atomic E-state index is 7.08. The molecule has 0 aromatic heterocycles. The lowest BCUT2D eigenvalue weighted by atomic mass is 9.74. The summed E-state index contributed by atoms with van der Waals surface area (Å²) >= 11 is 0. The van der Waals surface area contributed by atoms with Crippen LogP contribution < -0.4 is 42.5 Å². The Morgan fingerprint density at radius 2 is 0.472 bits per heavy atom. The Bertz CT molecular complexity index is 2010. The van der Waals surface area contributed by atoms with E-state index in [1.807, 2.05) is 0 Å². The second-order valence-corrected chi connectivity index (χ2v) is 23.2. The van der Waals surface area contributed by atoms with Gasteiger partial charge in [-0.3, -0.25) is 42.5 Å². The first-order valence-corrected chi connectivity index (χ1v) is 28.4. The number of nitrogens with one attached hydrogen (secondary N) is 8. The highest BCUT2D eigenvalue weighted by atomic mass is 16.5. The molecule has 9 fully saturated rings. The van der Waals surface area contributed by atoms with Crippen molar-refractivity contribution >= 4 is 0 Å². The van der Waals surface area contributed by atoms with Crippen LogP contribution in [0.25, 0.3) is 0 Å². The van der Waals surface area contributed by atoms with Gasteiger partial charge < -0.3 is 18.9 Å². The first-order valence-electron chi connectivity index (χ1n) is 28.4. The maximum atomic E-state index is 7.08. The molecule has 4 aromatic carbocycles. The van der Waals surface area contributed by atoms with Crippen molar-refractivity contribution in [2.75, 3.05) is 0 Å². The molecular weight excluding hydrogens is 897 g/mol. The topological polar surface area (TPSA) is 133 Å². The summed E-state index contributed by atoms with van der Waals surface area (Å²) in [4.78, 5) is 0. The largest absolute Gasteiger partial charge is 0.373 e.